The molecule has 0 aliphatic rings. The van der Waals surface area contributed by atoms with Gasteiger partial charge in [0.1, 0.15) is 0 Å². The van der Waals surface area contributed by atoms with Crippen molar-refractivity contribution >= 4 is 23.6 Å². The summed E-state index contributed by atoms with van der Waals surface area (Å²) in [6.07, 6.45) is 1.68. The van der Waals surface area contributed by atoms with Gasteiger partial charge < -0.3 is 15.1 Å². The molecule has 23 heavy (non-hydrogen) atoms. The molecule has 2 N–H and O–H groups in total. The van der Waals surface area contributed by atoms with Gasteiger partial charge in [0.2, 0.25) is 11.8 Å². The number of hydrogen-bond donors (Lipinski definition) is 1. The molecule has 2 aromatic heterocycles. The lowest BCUT2D eigenvalue weighted by Crippen LogP contribution is -2.30. The summed E-state index contributed by atoms with van der Waals surface area (Å²) in [5, 5.41) is 8.45. The van der Waals surface area contributed by atoms with Crippen molar-refractivity contribution in [2.24, 2.45) is 5.73 Å². The van der Waals surface area contributed by atoms with E-state index >= 15 is 0 Å². The second-order valence-corrected chi connectivity index (χ2v) is 6.45. The topological polar surface area (TPSA) is 107 Å². The smallest absolute Gasteiger partial charge is 0.235 e. The van der Waals surface area contributed by atoms with Gasteiger partial charge in [0.25, 0.3) is 0 Å². The Bertz CT molecular complexity index is 681. The first kappa shape index (κ1) is 17.1. The van der Waals surface area contributed by atoms with Gasteiger partial charge in [-0.05, 0) is 19.1 Å². The molecular weight excluding hydrogens is 318 g/mol. The monoisotopic (exact) mass is 337 g/mol. The first-order valence-corrected chi connectivity index (χ1v) is 7.91. The maximum absolute atomic E-state index is 12.0. The van der Waals surface area contributed by atoms with Crippen molar-refractivity contribution in [3.05, 3.63) is 18.4 Å². The highest BCUT2D eigenvalue weighted by Gasteiger charge is 2.22. The van der Waals surface area contributed by atoms with E-state index < -0.39 is 5.91 Å². The van der Waals surface area contributed by atoms with E-state index in [1.54, 1.807) is 37.7 Å². The van der Waals surface area contributed by atoms with Gasteiger partial charge in [0.05, 0.1) is 11.5 Å². The molecule has 0 fully saturated rings. The zero-order valence-electron chi connectivity index (χ0n) is 13.2. The molecule has 0 saturated carbocycles. The highest BCUT2D eigenvalue weighted by Crippen LogP contribution is 2.27. The van der Waals surface area contributed by atoms with Crippen LogP contribution in [0.3, 0.4) is 0 Å². The van der Waals surface area contributed by atoms with Crippen molar-refractivity contribution in [1.82, 2.24) is 19.7 Å². The van der Waals surface area contributed by atoms with E-state index in [1.165, 1.54) is 22.9 Å². The van der Waals surface area contributed by atoms with Gasteiger partial charge in [0, 0.05) is 27.1 Å². The predicted molar refractivity (Wildman–Crippen MR) is 85.5 cm³/mol. The van der Waals surface area contributed by atoms with Crippen molar-refractivity contribution in [3.8, 4) is 11.6 Å². The molecule has 2 heterocycles. The second-order valence-electron chi connectivity index (χ2n) is 5.14. The lowest BCUT2D eigenvalue weighted by molar-refractivity contribution is -0.127. The highest BCUT2D eigenvalue weighted by molar-refractivity contribution is 8.00. The summed E-state index contributed by atoms with van der Waals surface area (Å²) in [4.78, 5) is 24.6. The van der Waals surface area contributed by atoms with Gasteiger partial charge >= 0.3 is 0 Å². The van der Waals surface area contributed by atoms with E-state index in [4.69, 9.17) is 10.2 Å². The quantitative estimate of drug-likeness (QED) is 0.755. The molecule has 2 rings (SSSR count). The Kier molecular flexibility index (Phi) is 5.43. The van der Waals surface area contributed by atoms with Crippen LogP contribution in [0.1, 0.15) is 13.3 Å². The number of aromatic nitrogens is 3. The third-order valence-corrected chi connectivity index (χ3v) is 4.18. The Balaban J connectivity index is 2.28. The third kappa shape index (κ3) is 4.13. The molecule has 2 amide bonds. The average molecular weight is 337 g/mol. The van der Waals surface area contributed by atoms with Crippen LogP contribution >= 0.6 is 11.8 Å². The Morgan fingerprint density at radius 3 is 2.74 bits per heavy atom. The number of primary amides is 1. The lowest BCUT2D eigenvalue weighted by atomic mass is 10.3. The summed E-state index contributed by atoms with van der Waals surface area (Å²) in [6.45, 7) is 2.12. The van der Waals surface area contributed by atoms with Crippen LogP contribution in [0, 0.1) is 0 Å². The van der Waals surface area contributed by atoms with Gasteiger partial charge in [-0.1, -0.05) is 11.8 Å². The number of thioether (sulfide) groups is 1. The zero-order chi connectivity index (χ0) is 17.0. The van der Waals surface area contributed by atoms with Gasteiger partial charge in [-0.15, -0.1) is 10.2 Å². The SMILES string of the molecule is CC(Sc1nnc(-c2ccco2)n1CCC(N)=O)C(=O)N(C)C. The van der Waals surface area contributed by atoms with Crippen molar-refractivity contribution in [1.29, 1.82) is 0 Å². The van der Waals surface area contributed by atoms with Crippen molar-refractivity contribution in [2.45, 2.75) is 30.3 Å². The van der Waals surface area contributed by atoms with Crippen LogP contribution in [0.4, 0.5) is 0 Å². The van der Waals surface area contributed by atoms with E-state index in [1.807, 2.05) is 0 Å². The van der Waals surface area contributed by atoms with Crippen LogP contribution in [0.2, 0.25) is 0 Å². The first-order chi connectivity index (χ1) is 10.9. The van der Waals surface area contributed by atoms with Crippen molar-refractivity contribution in [3.63, 3.8) is 0 Å². The van der Waals surface area contributed by atoms with Crippen LogP contribution in [0.15, 0.2) is 28.0 Å². The zero-order valence-corrected chi connectivity index (χ0v) is 14.0. The minimum atomic E-state index is -0.419. The third-order valence-electron chi connectivity index (χ3n) is 3.11. The van der Waals surface area contributed by atoms with E-state index in [2.05, 4.69) is 10.2 Å². The van der Waals surface area contributed by atoms with Gasteiger partial charge in [-0.2, -0.15) is 0 Å². The molecule has 0 aromatic carbocycles. The lowest BCUT2D eigenvalue weighted by Gasteiger charge is -2.16. The maximum atomic E-state index is 12.0. The van der Waals surface area contributed by atoms with Crippen LogP contribution < -0.4 is 5.73 Å². The highest BCUT2D eigenvalue weighted by atomic mass is 32.2. The van der Waals surface area contributed by atoms with Crippen molar-refractivity contribution in [2.75, 3.05) is 14.1 Å². The normalized spacial score (nSPS) is 12.1. The minimum Gasteiger partial charge on any atom is -0.461 e. The molecule has 0 spiro atoms. The van der Waals surface area contributed by atoms with Gasteiger partial charge in [-0.3, -0.25) is 14.2 Å². The maximum Gasteiger partial charge on any atom is 0.235 e. The molecule has 124 valence electrons. The minimum absolute atomic E-state index is 0.0287. The van der Waals surface area contributed by atoms with E-state index in [-0.39, 0.29) is 17.6 Å². The van der Waals surface area contributed by atoms with E-state index in [0.717, 1.165) is 0 Å². The Morgan fingerprint density at radius 2 is 2.17 bits per heavy atom. The summed E-state index contributed by atoms with van der Waals surface area (Å²) in [7, 11) is 3.40. The van der Waals surface area contributed by atoms with Gasteiger partial charge in [-0.25, -0.2) is 0 Å². The molecule has 8 nitrogen and oxygen atoms in total. The summed E-state index contributed by atoms with van der Waals surface area (Å²) >= 11 is 1.28. The molecule has 1 atom stereocenters. The molecule has 0 aliphatic heterocycles. The number of carbonyl (C=O) groups excluding carboxylic acids is 2. The number of rotatable bonds is 7. The molecule has 0 radical (unpaired) electrons. The molecule has 0 aliphatic carbocycles. The summed E-state index contributed by atoms with van der Waals surface area (Å²) in [6, 6.07) is 3.50. The molecule has 9 heteroatoms. The predicted octanol–water partition coefficient (Wildman–Crippen LogP) is 0.982. The second kappa shape index (κ2) is 7.32. The Labute approximate surface area is 138 Å². The Morgan fingerprint density at radius 1 is 1.43 bits per heavy atom. The molecule has 1 unspecified atom stereocenters. The number of carbonyl (C=O) groups is 2. The standard InChI is InChI=1S/C14H19N5O3S/c1-9(13(21)18(2)3)23-14-17-16-12(10-5-4-8-22-10)19(14)7-6-11(15)20/h4-5,8-9H,6-7H2,1-3H3,(H2,15,20). The number of furan rings is 1. The Hall–Kier alpha value is -2.29. The number of hydrogen-bond acceptors (Lipinski definition) is 6. The van der Waals surface area contributed by atoms with E-state index in [9.17, 15) is 9.59 Å². The van der Waals surface area contributed by atoms with Gasteiger partial charge in [0.15, 0.2) is 16.7 Å². The van der Waals surface area contributed by atoms with Crippen LogP contribution in [0.25, 0.3) is 11.6 Å². The fourth-order valence-electron chi connectivity index (χ4n) is 1.96. The molecule has 2 aromatic rings. The largest absolute Gasteiger partial charge is 0.461 e. The van der Waals surface area contributed by atoms with Crippen molar-refractivity contribution < 1.29 is 14.0 Å². The van der Waals surface area contributed by atoms with Crippen LogP contribution in [-0.2, 0) is 16.1 Å². The van der Waals surface area contributed by atoms with Crippen LogP contribution in [0.5, 0.6) is 0 Å². The number of nitrogens with two attached hydrogens (primary N) is 1. The average Bonchev–Trinajstić information content (AvgIpc) is 3.13. The van der Waals surface area contributed by atoms with Crippen LogP contribution in [-0.4, -0.2) is 50.8 Å². The molecule has 0 saturated heterocycles. The summed E-state index contributed by atoms with van der Waals surface area (Å²) in [5.41, 5.74) is 5.23. The first-order valence-electron chi connectivity index (χ1n) is 7.03. The summed E-state index contributed by atoms with van der Waals surface area (Å²) < 4.78 is 7.09. The number of nitrogens with zero attached hydrogens (tertiary/aromatic N) is 4. The fraction of sp³-hybridized carbons (Fsp3) is 0.429. The van der Waals surface area contributed by atoms with E-state index in [0.29, 0.717) is 23.3 Å². The molecule has 0 bridgehead atoms. The molecular formula is C14H19N5O3S. The fourth-order valence-corrected chi connectivity index (χ4v) is 2.98. The summed E-state index contributed by atoms with van der Waals surface area (Å²) in [5.74, 6) is 0.597. The number of amides is 2.